The molecule has 0 bridgehead atoms. The van der Waals surface area contributed by atoms with Gasteiger partial charge in [-0.3, -0.25) is 4.99 Å². The zero-order valence-electron chi connectivity index (χ0n) is 8.90. The first-order chi connectivity index (χ1) is 7.26. The van der Waals surface area contributed by atoms with Crippen LogP contribution in [-0.4, -0.2) is 12.9 Å². The van der Waals surface area contributed by atoms with Crippen molar-refractivity contribution in [1.29, 1.82) is 0 Å². The Bertz CT molecular complexity index is 372. The molecule has 0 amide bonds. The van der Waals surface area contributed by atoms with Crippen molar-refractivity contribution in [2.24, 2.45) is 4.99 Å². The third-order valence-electron chi connectivity index (χ3n) is 1.74. The van der Waals surface area contributed by atoms with Crippen molar-refractivity contribution >= 4 is 21.8 Å². The normalized spacial score (nSPS) is 12.1. The number of ether oxygens (including phenoxy) is 1. The Morgan fingerprint density at radius 2 is 2.33 bits per heavy atom. The van der Waals surface area contributed by atoms with E-state index >= 15 is 0 Å². The van der Waals surface area contributed by atoms with Crippen molar-refractivity contribution in [1.82, 2.24) is 0 Å². The highest BCUT2D eigenvalue weighted by Gasteiger charge is 1.97. The average Bonchev–Trinajstić information content (AvgIpc) is 2.24. The minimum Gasteiger partial charge on any atom is -0.439 e. The van der Waals surface area contributed by atoms with E-state index in [1.807, 2.05) is 36.4 Å². The number of rotatable bonds is 3. The highest BCUT2D eigenvalue weighted by atomic mass is 79.9. The van der Waals surface area contributed by atoms with Gasteiger partial charge in [0.15, 0.2) is 0 Å². The highest BCUT2D eigenvalue weighted by molar-refractivity contribution is 9.10. The Labute approximate surface area is 98.8 Å². The van der Waals surface area contributed by atoms with Gasteiger partial charge in [0.2, 0.25) is 5.90 Å². The van der Waals surface area contributed by atoms with Gasteiger partial charge < -0.3 is 4.74 Å². The molecule has 0 heterocycles. The van der Waals surface area contributed by atoms with E-state index in [0.29, 0.717) is 5.90 Å². The molecule has 80 valence electrons. The lowest BCUT2D eigenvalue weighted by molar-refractivity contribution is 0.553. The fraction of sp³-hybridized carbons (Fsp3) is 0.250. The molecular weight excluding hydrogens is 254 g/mol. The minimum atomic E-state index is 0.620. The summed E-state index contributed by atoms with van der Waals surface area (Å²) in [7, 11) is 1.72. The zero-order chi connectivity index (χ0) is 11.1. The molecule has 0 N–H and O–H groups in total. The Morgan fingerprint density at radius 1 is 1.53 bits per heavy atom. The summed E-state index contributed by atoms with van der Waals surface area (Å²) in [5.41, 5.74) is 0. The Hall–Kier alpha value is -1.09. The van der Waals surface area contributed by atoms with E-state index in [2.05, 4.69) is 27.8 Å². The molecule has 0 aromatic heterocycles. The van der Waals surface area contributed by atoms with Gasteiger partial charge in [-0.15, -0.1) is 0 Å². The van der Waals surface area contributed by atoms with E-state index in [1.165, 1.54) is 0 Å². The molecule has 0 unspecified atom stereocenters. The lowest BCUT2D eigenvalue weighted by Gasteiger charge is -2.04. The summed E-state index contributed by atoms with van der Waals surface area (Å²) in [5, 5.41) is 0. The summed E-state index contributed by atoms with van der Waals surface area (Å²) in [5.74, 6) is 1.40. The fourth-order valence-electron chi connectivity index (χ4n) is 1.02. The first-order valence-electron chi connectivity index (χ1n) is 4.83. The minimum absolute atomic E-state index is 0.620. The summed E-state index contributed by atoms with van der Waals surface area (Å²) in [6.07, 6.45) is 4.86. The fourth-order valence-corrected chi connectivity index (χ4v) is 1.40. The smallest absolute Gasteiger partial charge is 0.214 e. The molecule has 0 aliphatic rings. The number of halogens is 1. The molecule has 2 nitrogen and oxygen atoms in total. The molecular formula is C12H14BrNO. The zero-order valence-corrected chi connectivity index (χ0v) is 10.5. The number of hydrogen-bond donors (Lipinski definition) is 0. The maximum absolute atomic E-state index is 5.58. The van der Waals surface area contributed by atoms with Crippen LogP contribution in [0.15, 0.2) is 45.9 Å². The van der Waals surface area contributed by atoms with Gasteiger partial charge >= 0.3 is 0 Å². The van der Waals surface area contributed by atoms with Gasteiger partial charge in [0.25, 0.3) is 0 Å². The number of aliphatic imine (C=N–C) groups is 1. The van der Waals surface area contributed by atoms with E-state index in [1.54, 1.807) is 7.05 Å². The van der Waals surface area contributed by atoms with Crippen LogP contribution >= 0.6 is 15.9 Å². The molecule has 1 aromatic rings. The summed E-state index contributed by atoms with van der Waals surface area (Å²) in [4.78, 5) is 4.04. The third kappa shape index (κ3) is 4.30. The summed E-state index contributed by atoms with van der Waals surface area (Å²) in [6.45, 7) is 2.07. The summed E-state index contributed by atoms with van der Waals surface area (Å²) < 4.78 is 6.58. The quantitative estimate of drug-likeness (QED) is 0.603. The number of allylic oxidation sites excluding steroid dienone is 1. The van der Waals surface area contributed by atoms with E-state index in [9.17, 15) is 0 Å². The van der Waals surface area contributed by atoms with Crippen LogP contribution in [0.5, 0.6) is 5.75 Å². The Morgan fingerprint density at radius 3 is 2.93 bits per heavy atom. The van der Waals surface area contributed by atoms with Crippen molar-refractivity contribution < 1.29 is 4.74 Å². The predicted molar refractivity (Wildman–Crippen MR) is 67.6 cm³/mol. The summed E-state index contributed by atoms with van der Waals surface area (Å²) >= 11 is 3.39. The molecule has 0 fully saturated rings. The lowest BCUT2D eigenvalue weighted by atomic mass is 10.3. The van der Waals surface area contributed by atoms with Crippen LogP contribution < -0.4 is 4.74 Å². The lowest BCUT2D eigenvalue weighted by Crippen LogP contribution is -2.04. The van der Waals surface area contributed by atoms with Crippen molar-refractivity contribution in [2.75, 3.05) is 7.05 Å². The first kappa shape index (κ1) is 12.0. The van der Waals surface area contributed by atoms with Gasteiger partial charge in [-0.25, -0.2) is 0 Å². The molecule has 0 aliphatic carbocycles. The molecule has 15 heavy (non-hydrogen) atoms. The van der Waals surface area contributed by atoms with Crippen molar-refractivity contribution in [2.45, 2.75) is 13.3 Å². The van der Waals surface area contributed by atoms with Crippen LogP contribution in [0.3, 0.4) is 0 Å². The van der Waals surface area contributed by atoms with E-state index in [-0.39, 0.29) is 0 Å². The molecule has 0 spiro atoms. The standard InChI is InChI=1S/C12H14BrNO/c1-3-4-8-12(14-2)15-11-7-5-6-10(13)9-11/h4-9H,3H2,1-2H3/b8-4-,14-12?. The maximum Gasteiger partial charge on any atom is 0.214 e. The molecule has 3 heteroatoms. The number of hydrogen-bond acceptors (Lipinski definition) is 2. The highest BCUT2D eigenvalue weighted by Crippen LogP contribution is 2.18. The molecule has 0 saturated heterocycles. The second-order valence-corrected chi connectivity index (χ2v) is 3.85. The van der Waals surface area contributed by atoms with Crippen molar-refractivity contribution in [3.8, 4) is 5.75 Å². The van der Waals surface area contributed by atoms with Crippen LogP contribution in [0.4, 0.5) is 0 Å². The molecule has 0 radical (unpaired) electrons. The van der Waals surface area contributed by atoms with Crippen LogP contribution in [-0.2, 0) is 0 Å². The first-order valence-corrected chi connectivity index (χ1v) is 5.62. The monoisotopic (exact) mass is 267 g/mol. The summed E-state index contributed by atoms with van der Waals surface area (Å²) in [6, 6.07) is 7.69. The second kappa shape index (κ2) is 6.40. The van der Waals surface area contributed by atoms with E-state index in [4.69, 9.17) is 4.74 Å². The SMILES string of the molecule is CC/C=C\C(=NC)Oc1cccc(Br)c1. The molecule has 0 atom stereocenters. The van der Waals surface area contributed by atoms with Crippen LogP contribution in [0.1, 0.15) is 13.3 Å². The van der Waals surface area contributed by atoms with Crippen LogP contribution in [0.2, 0.25) is 0 Å². The van der Waals surface area contributed by atoms with Crippen molar-refractivity contribution in [3.05, 3.63) is 40.9 Å². The van der Waals surface area contributed by atoms with Crippen molar-refractivity contribution in [3.63, 3.8) is 0 Å². The van der Waals surface area contributed by atoms with Crippen LogP contribution in [0, 0.1) is 0 Å². The Balaban J connectivity index is 2.72. The number of benzene rings is 1. The topological polar surface area (TPSA) is 21.6 Å². The van der Waals surface area contributed by atoms with E-state index in [0.717, 1.165) is 16.6 Å². The van der Waals surface area contributed by atoms with Gasteiger partial charge in [0.1, 0.15) is 5.75 Å². The largest absolute Gasteiger partial charge is 0.439 e. The molecule has 1 rings (SSSR count). The maximum atomic E-state index is 5.58. The van der Waals surface area contributed by atoms with E-state index < -0.39 is 0 Å². The Kier molecular flexibility index (Phi) is 5.12. The second-order valence-electron chi connectivity index (χ2n) is 2.93. The number of nitrogens with zero attached hydrogens (tertiary/aromatic N) is 1. The van der Waals surface area contributed by atoms with Gasteiger partial charge in [0.05, 0.1) is 0 Å². The molecule has 0 aliphatic heterocycles. The van der Waals surface area contributed by atoms with Gasteiger partial charge in [-0.1, -0.05) is 35.0 Å². The van der Waals surface area contributed by atoms with Crippen LogP contribution in [0.25, 0.3) is 0 Å². The van der Waals surface area contributed by atoms with Gasteiger partial charge in [-0.05, 0) is 30.7 Å². The van der Waals surface area contributed by atoms with Gasteiger partial charge in [0, 0.05) is 11.5 Å². The third-order valence-corrected chi connectivity index (χ3v) is 2.23. The molecule has 0 saturated carbocycles. The predicted octanol–water partition coefficient (Wildman–Crippen LogP) is 3.82. The molecule has 1 aromatic carbocycles. The average molecular weight is 268 g/mol. The van der Waals surface area contributed by atoms with Gasteiger partial charge in [-0.2, -0.15) is 0 Å².